The van der Waals surface area contributed by atoms with Crippen molar-refractivity contribution in [2.24, 2.45) is 0 Å². The predicted octanol–water partition coefficient (Wildman–Crippen LogP) is 8.75. The van der Waals surface area contributed by atoms with E-state index in [1.807, 2.05) is 0 Å². The fourth-order valence-electron chi connectivity index (χ4n) is 3.85. The van der Waals surface area contributed by atoms with Crippen LogP contribution >= 0.6 is 22.6 Å². The molecule has 5 aromatic carbocycles. The first-order chi connectivity index (χ1) is 14.7. The Kier molecular flexibility index (Phi) is 5.14. The topological polar surface area (TPSA) is 0 Å². The van der Waals surface area contributed by atoms with Gasteiger partial charge < -0.3 is 0 Å². The number of aryl methyl sites for hydroxylation is 1. The predicted molar refractivity (Wildman–Crippen MR) is 138 cm³/mol. The maximum Gasteiger partial charge on any atom is 0.0130 e. The zero-order valence-corrected chi connectivity index (χ0v) is 18.9. The monoisotopic (exact) mass is 496 g/mol. The first kappa shape index (κ1) is 19.1. The van der Waals surface area contributed by atoms with Crippen LogP contribution in [0, 0.1) is 10.5 Å². The van der Waals surface area contributed by atoms with E-state index >= 15 is 0 Å². The van der Waals surface area contributed by atoms with Gasteiger partial charge in [-0.3, -0.25) is 0 Å². The molecule has 0 aliphatic rings. The summed E-state index contributed by atoms with van der Waals surface area (Å²) in [6.45, 7) is 2.12. The second-order valence-corrected chi connectivity index (χ2v) is 8.97. The maximum atomic E-state index is 2.35. The van der Waals surface area contributed by atoms with Gasteiger partial charge in [0.25, 0.3) is 0 Å². The summed E-state index contributed by atoms with van der Waals surface area (Å²) in [7, 11) is 0. The lowest BCUT2D eigenvalue weighted by Gasteiger charge is -2.08. The van der Waals surface area contributed by atoms with E-state index in [-0.39, 0.29) is 0 Å². The molecule has 0 aromatic heterocycles. The zero-order valence-electron chi connectivity index (χ0n) is 16.8. The largest absolute Gasteiger partial charge is 0.0587 e. The van der Waals surface area contributed by atoms with Crippen LogP contribution < -0.4 is 0 Å². The maximum absolute atomic E-state index is 2.35. The van der Waals surface area contributed by atoms with Gasteiger partial charge in [-0.15, -0.1) is 0 Å². The van der Waals surface area contributed by atoms with Crippen LogP contribution in [0.25, 0.3) is 44.2 Å². The Hall–Kier alpha value is -2.91. The lowest BCUT2D eigenvalue weighted by molar-refractivity contribution is 1.47. The van der Waals surface area contributed by atoms with Crippen molar-refractivity contribution in [1.82, 2.24) is 0 Å². The molecule has 0 unspecified atom stereocenters. The van der Waals surface area contributed by atoms with Crippen LogP contribution in [0.2, 0.25) is 0 Å². The molecule has 30 heavy (non-hydrogen) atoms. The molecule has 5 aromatic rings. The molecule has 0 N–H and O–H groups in total. The first-order valence-electron chi connectivity index (χ1n) is 10.1. The molecule has 0 saturated carbocycles. The van der Waals surface area contributed by atoms with Crippen molar-refractivity contribution in [3.05, 3.63) is 118 Å². The second kappa shape index (κ2) is 8.08. The van der Waals surface area contributed by atoms with Gasteiger partial charge in [0.15, 0.2) is 0 Å². The van der Waals surface area contributed by atoms with Gasteiger partial charge in [0, 0.05) is 3.57 Å². The third kappa shape index (κ3) is 3.90. The van der Waals surface area contributed by atoms with E-state index in [4.69, 9.17) is 0 Å². The van der Waals surface area contributed by atoms with Gasteiger partial charge in [-0.2, -0.15) is 0 Å². The third-order valence-corrected chi connectivity index (χ3v) is 6.34. The molecule has 0 spiro atoms. The fraction of sp³-hybridized carbons (Fsp3) is 0.0345. The highest BCUT2D eigenvalue weighted by atomic mass is 127. The van der Waals surface area contributed by atoms with Gasteiger partial charge in [0.1, 0.15) is 0 Å². The number of halogens is 1. The van der Waals surface area contributed by atoms with Crippen molar-refractivity contribution in [1.29, 1.82) is 0 Å². The van der Waals surface area contributed by atoms with Crippen LogP contribution in [0.3, 0.4) is 0 Å². The van der Waals surface area contributed by atoms with Gasteiger partial charge in [0.05, 0.1) is 0 Å². The normalized spacial score (nSPS) is 11.0. The van der Waals surface area contributed by atoms with Crippen LogP contribution in [0.15, 0.2) is 109 Å². The van der Waals surface area contributed by atoms with Crippen molar-refractivity contribution < 1.29 is 0 Å². The molecule has 1 heteroatoms. The van der Waals surface area contributed by atoms with E-state index in [0.717, 1.165) is 0 Å². The van der Waals surface area contributed by atoms with E-state index < -0.39 is 0 Å². The molecule has 0 heterocycles. The van der Waals surface area contributed by atoms with Crippen molar-refractivity contribution in [3.63, 3.8) is 0 Å². The summed E-state index contributed by atoms with van der Waals surface area (Å²) in [5.74, 6) is 0. The molecule has 0 aliphatic heterocycles. The standard InChI is InChI=1S/C29H21I/c1-20-2-4-21(5-3-20)22-6-8-23(9-7-22)25-10-12-28-19-26(11-13-27(28)18-25)24-14-16-29(30)17-15-24/h2-19H,1H3. The number of rotatable bonds is 3. The van der Waals surface area contributed by atoms with Crippen LogP contribution in [0.4, 0.5) is 0 Å². The Morgan fingerprint density at radius 1 is 0.400 bits per heavy atom. The minimum absolute atomic E-state index is 1.24. The lowest BCUT2D eigenvalue weighted by Crippen LogP contribution is -1.83. The molecule has 0 aliphatic carbocycles. The Morgan fingerprint density at radius 3 is 1.20 bits per heavy atom. The van der Waals surface area contributed by atoms with Crippen LogP contribution in [0.1, 0.15) is 5.56 Å². The summed E-state index contributed by atoms with van der Waals surface area (Å²) >= 11 is 2.35. The second-order valence-electron chi connectivity index (χ2n) is 7.73. The Balaban J connectivity index is 1.45. The molecular weight excluding hydrogens is 475 g/mol. The average molecular weight is 496 g/mol. The smallest absolute Gasteiger partial charge is 0.0130 e. The first-order valence-corrected chi connectivity index (χ1v) is 11.2. The van der Waals surface area contributed by atoms with Crippen molar-refractivity contribution >= 4 is 33.4 Å². The Labute approximate surface area is 191 Å². The van der Waals surface area contributed by atoms with Gasteiger partial charge in [-0.25, -0.2) is 0 Å². The summed E-state index contributed by atoms with van der Waals surface area (Å²) in [5, 5.41) is 2.54. The zero-order chi connectivity index (χ0) is 20.5. The van der Waals surface area contributed by atoms with Crippen molar-refractivity contribution in [2.45, 2.75) is 6.92 Å². The molecule has 0 nitrogen and oxygen atoms in total. The summed E-state index contributed by atoms with van der Waals surface area (Å²) in [4.78, 5) is 0. The molecular formula is C29H21I. The highest BCUT2D eigenvalue weighted by Gasteiger charge is 2.04. The van der Waals surface area contributed by atoms with Gasteiger partial charge >= 0.3 is 0 Å². The average Bonchev–Trinajstić information content (AvgIpc) is 2.79. The molecule has 144 valence electrons. The highest BCUT2D eigenvalue weighted by Crippen LogP contribution is 2.30. The SMILES string of the molecule is Cc1ccc(-c2ccc(-c3ccc4cc(-c5ccc(I)cc5)ccc4c3)cc2)cc1. The summed E-state index contributed by atoms with van der Waals surface area (Å²) in [6, 6.07) is 39.7. The Morgan fingerprint density at radius 2 is 0.733 bits per heavy atom. The summed E-state index contributed by atoms with van der Waals surface area (Å²) < 4.78 is 1.26. The van der Waals surface area contributed by atoms with E-state index in [9.17, 15) is 0 Å². The van der Waals surface area contributed by atoms with Gasteiger partial charge in [0.2, 0.25) is 0 Å². The summed E-state index contributed by atoms with van der Waals surface area (Å²) in [5.41, 5.74) is 8.81. The van der Waals surface area contributed by atoms with Crippen molar-refractivity contribution in [2.75, 3.05) is 0 Å². The van der Waals surface area contributed by atoms with Gasteiger partial charge in [-0.1, -0.05) is 90.5 Å². The van der Waals surface area contributed by atoms with E-state index in [1.165, 1.54) is 53.3 Å². The lowest BCUT2D eigenvalue weighted by atomic mass is 9.96. The van der Waals surface area contributed by atoms with Crippen LogP contribution in [-0.2, 0) is 0 Å². The molecule has 5 rings (SSSR count). The number of hydrogen-bond acceptors (Lipinski definition) is 0. The Bertz CT molecular complexity index is 1310. The van der Waals surface area contributed by atoms with Gasteiger partial charge in [-0.05, 0) is 97.9 Å². The molecule has 0 amide bonds. The third-order valence-electron chi connectivity index (χ3n) is 5.62. The molecule has 0 fully saturated rings. The molecule has 0 radical (unpaired) electrons. The molecule has 0 saturated heterocycles. The highest BCUT2D eigenvalue weighted by molar-refractivity contribution is 14.1. The summed E-state index contributed by atoms with van der Waals surface area (Å²) in [6.07, 6.45) is 0. The fourth-order valence-corrected chi connectivity index (χ4v) is 4.21. The quantitative estimate of drug-likeness (QED) is 0.219. The van der Waals surface area contributed by atoms with E-state index in [0.29, 0.717) is 0 Å². The van der Waals surface area contributed by atoms with Crippen LogP contribution in [-0.4, -0.2) is 0 Å². The van der Waals surface area contributed by atoms with Crippen LogP contribution in [0.5, 0.6) is 0 Å². The van der Waals surface area contributed by atoms with E-state index in [1.54, 1.807) is 0 Å². The minimum atomic E-state index is 1.24. The minimum Gasteiger partial charge on any atom is -0.0587 e. The van der Waals surface area contributed by atoms with Crippen molar-refractivity contribution in [3.8, 4) is 33.4 Å². The molecule has 0 bridgehead atoms. The van der Waals surface area contributed by atoms with E-state index in [2.05, 4.69) is 139 Å². The molecule has 0 atom stereocenters. The number of hydrogen-bond donors (Lipinski definition) is 0. The number of fused-ring (bicyclic) bond motifs is 1. The number of benzene rings is 5.